The Bertz CT molecular complexity index is 1340. The van der Waals surface area contributed by atoms with Gasteiger partial charge < -0.3 is 20.3 Å². The number of ether oxygens (including phenoxy) is 1. The molecule has 2 aromatic heterocycles. The predicted molar refractivity (Wildman–Crippen MR) is 118 cm³/mol. The van der Waals surface area contributed by atoms with E-state index >= 15 is 0 Å². The maximum atomic E-state index is 12.8. The molecule has 0 aliphatic carbocycles. The summed E-state index contributed by atoms with van der Waals surface area (Å²) in [6.45, 7) is 1.21. The van der Waals surface area contributed by atoms with Crippen LogP contribution in [0.25, 0.3) is 15.8 Å². The summed E-state index contributed by atoms with van der Waals surface area (Å²) in [7, 11) is 0. The number of nitrogens with one attached hydrogen (secondary N) is 1. The van der Waals surface area contributed by atoms with Crippen molar-refractivity contribution < 1.29 is 29.3 Å². The van der Waals surface area contributed by atoms with Gasteiger partial charge in [-0.15, -0.1) is 16.4 Å². The standard InChI is InChI=1S/C22H17N3O6S/c1-12-9-17(24-25(12)14-5-3-2-4-6-14)23-21(28)13-7-8-15-16(10-13)32-20(22(29)30)19(15)31-11-18(26)27/h2-10H,11H2,1H3,(H,26,27)(H,29,30)(H,23,24,28). The number of nitrogens with zero attached hydrogens (tertiary/aromatic N) is 2. The summed E-state index contributed by atoms with van der Waals surface area (Å²) in [6, 6.07) is 15.8. The van der Waals surface area contributed by atoms with E-state index in [4.69, 9.17) is 9.84 Å². The fraction of sp³-hybridized carbons (Fsp3) is 0.0909. The average molecular weight is 451 g/mol. The SMILES string of the molecule is Cc1cc(NC(=O)c2ccc3c(OCC(=O)O)c(C(=O)O)sc3c2)nn1-c1ccccc1. The fourth-order valence-corrected chi connectivity index (χ4v) is 4.21. The number of carbonyl (C=O) groups excluding carboxylic acids is 1. The van der Waals surface area contributed by atoms with Gasteiger partial charge in [-0.2, -0.15) is 0 Å². The van der Waals surface area contributed by atoms with Gasteiger partial charge in [0, 0.05) is 27.4 Å². The molecular formula is C22H17N3O6S. The summed E-state index contributed by atoms with van der Waals surface area (Å²) in [5.41, 5.74) is 2.00. The number of aliphatic carboxylic acids is 1. The van der Waals surface area contributed by atoms with Gasteiger partial charge in [0.15, 0.2) is 23.1 Å². The number of aromatic nitrogens is 2. The second kappa shape index (κ2) is 8.52. The molecule has 0 aliphatic heterocycles. The van der Waals surface area contributed by atoms with Crippen molar-refractivity contribution in [1.29, 1.82) is 0 Å². The fourth-order valence-electron chi connectivity index (χ4n) is 3.19. The molecule has 0 saturated heterocycles. The van der Waals surface area contributed by atoms with E-state index in [1.807, 2.05) is 37.3 Å². The van der Waals surface area contributed by atoms with Gasteiger partial charge in [0.1, 0.15) is 0 Å². The number of carboxylic acid groups (broad SMARTS) is 2. The minimum Gasteiger partial charge on any atom is -0.479 e. The van der Waals surface area contributed by atoms with E-state index in [0.29, 0.717) is 21.5 Å². The van der Waals surface area contributed by atoms with E-state index in [1.165, 1.54) is 18.2 Å². The molecular weight excluding hydrogens is 434 g/mol. The van der Waals surface area contributed by atoms with Crippen LogP contribution in [0.15, 0.2) is 54.6 Å². The number of benzene rings is 2. The van der Waals surface area contributed by atoms with Crippen molar-refractivity contribution in [3.63, 3.8) is 0 Å². The zero-order chi connectivity index (χ0) is 22.8. The van der Waals surface area contributed by atoms with Crippen molar-refractivity contribution in [2.24, 2.45) is 0 Å². The third-order valence-corrected chi connectivity index (χ3v) is 5.69. The van der Waals surface area contributed by atoms with Gasteiger partial charge in [-0.25, -0.2) is 14.3 Å². The largest absolute Gasteiger partial charge is 0.479 e. The Balaban J connectivity index is 1.61. The Morgan fingerprint density at radius 3 is 2.53 bits per heavy atom. The van der Waals surface area contributed by atoms with Gasteiger partial charge in [-0.3, -0.25) is 4.79 Å². The molecule has 10 heteroatoms. The number of hydrogen-bond acceptors (Lipinski definition) is 6. The summed E-state index contributed by atoms with van der Waals surface area (Å²) in [6.07, 6.45) is 0. The van der Waals surface area contributed by atoms with Crippen LogP contribution in [-0.4, -0.2) is 44.4 Å². The molecule has 4 aromatic rings. The number of thiophene rings is 1. The highest BCUT2D eigenvalue weighted by Crippen LogP contribution is 2.38. The van der Waals surface area contributed by atoms with Crippen molar-refractivity contribution in [1.82, 2.24) is 9.78 Å². The van der Waals surface area contributed by atoms with Crippen LogP contribution >= 0.6 is 11.3 Å². The Kier molecular flexibility index (Phi) is 5.61. The first-order valence-corrected chi connectivity index (χ1v) is 10.2. The number of amides is 1. The van der Waals surface area contributed by atoms with Crippen molar-refractivity contribution >= 4 is 45.1 Å². The zero-order valence-corrected chi connectivity index (χ0v) is 17.5. The van der Waals surface area contributed by atoms with Crippen LogP contribution in [0, 0.1) is 6.92 Å². The molecule has 2 aromatic carbocycles. The molecule has 32 heavy (non-hydrogen) atoms. The van der Waals surface area contributed by atoms with Crippen molar-refractivity contribution in [2.75, 3.05) is 11.9 Å². The Labute approximate surface area is 185 Å². The molecule has 0 bridgehead atoms. The number of para-hydroxylation sites is 1. The molecule has 1 amide bonds. The van der Waals surface area contributed by atoms with E-state index in [-0.39, 0.29) is 10.6 Å². The summed E-state index contributed by atoms with van der Waals surface area (Å²) in [5, 5.41) is 25.9. The molecule has 0 saturated carbocycles. The van der Waals surface area contributed by atoms with E-state index in [0.717, 1.165) is 22.7 Å². The molecule has 0 atom stereocenters. The first-order chi connectivity index (χ1) is 15.3. The van der Waals surface area contributed by atoms with Crippen LogP contribution in [0.5, 0.6) is 5.75 Å². The minimum atomic E-state index is -1.24. The lowest BCUT2D eigenvalue weighted by atomic mass is 10.1. The Morgan fingerprint density at radius 2 is 1.84 bits per heavy atom. The van der Waals surface area contributed by atoms with Gasteiger partial charge in [-0.05, 0) is 37.3 Å². The van der Waals surface area contributed by atoms with E-state index in [1.54, 1.807) is 10.7 Å². The number of aryl methyl sites for hydroxylation is 1. The van der Waals surface area contributed by atoms with E-state index < -0.39 is 24.5 Å². The molecule has 3 N–H and O–H groups in total. The van der Waals surface area contributed by atoms with Gasteiger partial charge in [0.05, 0.1) is 5.69 Å². The topological polar surface area (TPSA) is 131 Å². The first kappa shape index (κ1) is 21.1. The summed E-state index contributed by atoms with van der Waals surface area (Å²) in [5.74, 6) is -2.52. The molecule has 4 rings (SSSR count). The maximum Gasteiger partial charge on any atom is 0.349 e. The van der Waals surface area contributed by atoms with Gasteiger partial charge in [0.25, 0.3) is 5.91 Å². The number of rotatable bonds is 7. The number of aromatic carboxylic acids is 1. The van der Waals surface area contributed by atoms with Gasteiger partial charge in [0.2, 0.25) is 0 Å². The number of anilines is 1. The number of carboxylic acids is 2. The number of fused-ring (bicyclic) bond motifs is 1. The quantitative estimate of drug-likeness (QED) is 0.389. The number of carbonyl (C=O) groups is 3. The summed E-state index contributed by atoms with van der Waals surface area (Å²) in [4.78, 5) is 35.0. The Morgan fingerprint density at radius 1 is 1.09 bits per heavy atom. The lowest BCUT2D eigenvalue weighted by Crippen LogP contribution is -2.12. The van der Waals surface area contributed by atoms with Crippen LogP contribution in [0.3, 0.4) is 0 Å². The van der Waals surface area contributed by atoms with Crippen LogP contribution in [0.4, 0.5) is 5.82 Å². The molecule has 0 aliphatic rings. The number of hydrogen-bond donors (Lipinski definition) is 3. The van der Waals surface area contributed by atoms with Crippen LogP contribution < -0.4 is 10.1 Å². The third-order valence-electron chi connectivity index (χ3n) is 4.57. The highest BCUT2D eigenvalue weighted by molar-refractivity contribution is 7.21. The lowest BCUT2D eigenvalue weighted by molar-refractivity contribution is -0.139. The molecule has 0 unspecified atom stereocenters. The molecule has 162 valence electrons. The normalized spacial score (nSPS) is 10.8. The van der Waals surface area contributed by atoms with E-state index in [2.05, 4.69) is 10.4 Å². The zero-order valence-electron chi connectivity index (χ0n) is 16.7. The van der Waals surface area contributed by atoms with Crippen LogP contribution in [0.2, 0.25) is 0 Å². The highest BCUT2D eigenvalue weighted by atomic mass is 32.1. The van der Waals surface area contributed by atoms with Crippen LogP contribution in [0.1, 0.15) is 25.7 Å². The first-order valence-electron chi connectivity index (χ1n) is 9.41. The van der Waals surface area contributed by atoms with Gasteiger partial charge in [-0.1, -0.05) is 18.2 Å². The molecule has 0 radical (unpaired) electrons. The summed E-state index contributed by atoms with van der Waals surface area (Å²) >= 11 is 0.908. The second-order valence-electron chi connectivity index (χ2n) is 6.83. The molecule has 2 heterocycles. The van der Waals surface area contributed by atoms with Crippen molar-refractivity contribution in [3.8, 4) is 11.4 Å². The average Bonchev–Trinajstić information content (AvgIpc) is 3.32. The smallest absolute Gasteiger partial charge is 0.349 e. The lowest BCUT2D eigenvalue weighted by Gasteiger charge is -2.05. The second-order valence-corrected chi connectivity index (χ2v) is 7.88. The third kappa shape index (κ3) is 4.16. The highest BCUT2D eigenvalue weighted by Gasteiger charge is 2.21. The van der Waals surface area contributed by atoms with Crippen LogP contribution in [-0.2, 0) is 4.79 Å². The van der Waals surface area contributed by atoms with Crippen molar-refractivity contribution in [3.05, 3.63) is 70.7 Å². The molecule has 0 fully saturated rings. The minimum absolute atomic E-state index is 0.0240. The molecule has 0 spiro atoms. The Hall–Kier alpha value is -4.18. The molecule has 9 nitrogen and oxygen atoms in total. The maximum absolute atomic E-state index is 12.8. The van der Waals surface area contributed by atoms with Gasteiger partial charge >= 0.3 is 11.9 Å². The predicted octanol–water partition coefficient (Wildman–Crippen LogP) is 3.81. The van der Waals surface area contributed by atoms with E-state index in [9.17, 15) is 19.5 Å². The van der Waals surface area contributed by atoms with Crippen molar-refractivity contribution in [2.45, 2.75) is 6.92 Å². The summed E-state index contributed by atoms with van der Waals surface area (Å²) < 4.78 is 7.38. The monoisotopic (exact) mass is 451 g/mol.